The first kappa shape index (κ1) is 11.6. The van der Waals surface area contributed by atoms with Crippen LogP contribution in [0.5, 0.6) is 0 Å². The highest BCUT2D eigenvalue weighted by Gasteiger charge is 2.40. The SMILES string of the molecule is CC1=C(C)C(=O)N(C(C)(C)C(=O)O)CO1. The Balaban J connectivity index is 3.03. The van der Waals surface area contributed by atoms with Gasteiger partial charge in [0.1, 0.15) is 11.3 Å². The fourth-order valence-corrected chi connectivity index (χ4v) is 1.21. The molecular weight excluding hydrogens is 198 g/mol. The van der Waals surface area contributed by atoms with Gasteiger partial charge in [-0.2, -0.15) is 0 Å². The summed E-state index contributed by atoms with van der Waals surface area (Å²) >= 11 is 0. The van der Waals surface area contributed by atoms with Crippen molar-refractivity contribution in [1.29, 1.82) is 0 Å². The molecule has 5 heteroatoms. The van der Waals surface area contributed by atoms with Crippen molar-refractivity contribution in [3.63, 3.8) is 0 Å². The molecule has 0 saturated carbocycles. The molecule has 0 aromatic rings. The molecule has 0 aromatic carbocycles. The van der Waals surface area contributed by atoms with Crippen molar-refractivity contribution in [2.24, 2.45) is 0 Å². The summed E-state index contributed by atoms with van der Waals surface area (Å²) in [4.78, 5) is 24.0. The number of amides is 1. The fourth-order valence-electron chi connectivity index (χ4n) is 1.21. The van der Waals surface area contributed by atoms with E-state index in [1.807, 2.05) is 0 Å². The van der Waals surface area contributed by atoms with Crippen LogP contribution in [0.1, 0.15) is 27.7 Å². The number of carboxylic acid groups (broad SMARTS) is 1. The van der Waals surface area contributed by atoms with E-state index in [4.69, 9.17) is 9.84 Å². The maximum Gasteiger partial charge on any atom is 0.329 e. The number of hydrogen-bond acceptors (Lipinski definition) is 3. The first-order valence-corrected chi connectivity index (χ1v) is 4.64. The highest BCUT2D eigenvalue weighted by Crippen LogP contribution is 2.23. The molecule has 0 aliphatic carbocycles. The molecule has 1 N–H and O–H groups in total. The van der Waals surface area contributed by atoms with Crippen LogP contribution in [0.2, 0.25) is 0 Å². The minimum atomic E-state index is -1.25. The van der Waals surface area contributed by atoms with E-state index < -0.39 is 11.5 Å². The summed E-state index contributed by atoms with van der Waals surface area (Å²) in [6.07, 6.45) is 0. The summed E-state index contributed by atoms with van der Waals surface area (Å²) in [7, 11) is 0. The Morgan fingerprint density at radius 2 is 2.00 bits per heavy atom. The lowest BCUT2D eigenvalue weighted by Crippen LogP contribution is -2.55. The van der Waals surface area contributed by atoms with E-state index in [9.17, 15) is 9.59 Å². The zero-order valence-electron chi connectivity index (χ0n) is 9.33. The van der Waals surface area contributed by atoms with Crippen molar-refractivity contribution in [3.8, 4) is 0 Å². The van der Waals surface area contributed by atoms with Gasteiger partial charge in [0.2, 0.25) is 0 Å². The van der Waals surface area contributed by atoms with Crippen LogP contribution in [0.25, 0.3) is 0 Å². The molecular formula is C10H15NO4. The number of allylic oxidation sites excluding steroid dienone is 1. The van der Waals surface area contributed by atoms with E-state index in [-0.39, 0.29) is 12.6 Å². The predicted octanol–water partition coefficient (Wildman–Crippen LogP) is 0.960. The maximum absolute atomic E-state index is 11.8. The number of carbonyl (C=O) groups excluding carboxylic acids is 1. The number of carboxylic acids is 1. The topological polar surface area (TPSA) is 66.8 Å². The van der Waals surface area contributed by atoms with E-state index >= 15 is 0 Å². The van der Waals surface area contributed by atoms with Gasteiger partial charge in [-0.3, -0.25) is 9.69 Å². The average molecular weight is 213 g/mol. The lowest BCUT2D eigenvalue weighted by Gasteiger charge is -2.37. The molecule has 5 nitrogen and oxygen atoms in total. The van der Waals surface area contributed by atoms with Gasteiger partial charge in [0, 0.05) is 0 Å². The molecule has 0 saturated heterocycles. The second kappa shape index (κ2) is 3.56. The Kier molecular flexibility index (Phi) is 2.75. The molecule has 0 radical (unpaired) electrons. The number of ether oxygens (including phenoxy) is 1. The summed E-state index contributed by atoms with van der Waals surface area (Å²) < 4.78 is 5.23. The van der Waals surface area contributed by atoms with Crippen molar-refractivity contribution in [2.75, 3.05) is 6.73 Å². The Hall–Kier alpha value is -1.52. The Labute approximate surface area is 88.3 Å². The first-order chi connectivity index (χ1) is 6.78. The van der Waals surface area contributed by atoms with Crippen LogP contribution in [0.3, 0.4) is 0 Å². The molecule has 0 bridgehead atoms. The highest BCUT2D eigenvalue weighted by molar-refractivity contribution is 5.97. The van der Waals surface area contributed by atoms with Crippen LogP contribution in [0, 0.1) is 0 Å². The highest BCUT2D eigenvalue weighted by atomic mass is 16.5. The van der Waals surface area contributed by atoms with Crippen molar-refractivity contribution < 1.29 is 19.4 Å². The zero-order chi connectivity index (χ0) is 11.8. The Bertz CT molecular complexity index is 343. The van der Waals surface area contributed by atoms with E-state index in [1.54, 1.807) is 13.8 Å². The number of aliphatic carboxylic acids is 1. The van der Waals surface area contributed by atoms with Crippen molar-refractivity contribution >= 4 is 11.9 Å². The lowest BCUT2D eigenvalue weighted by molar-refractivity contribution is -0.162. The third-order valence-electron chi connectivity index (χ3n) is 2.70. The molecule has 0 aromatic heterocycles. The van der Waals surface area contributed by atoms with Crippen LogP contribution in [-0.4, -0.2) is 34.2 Å². The van der Waals surface area contributed by atoms with Gasteiger partial charge < -0.3 is 9.84 Å². The predicted molar refractivity (Wildman–Crippen MR) is 52.9 cm³/mol. The summed E-state index contributed by atoms with van der Waals surface area (Å²) in [6.45, 7) is 6.26. The van der Waals surface area contributed by atoms with Gasteiger partial charge in [-0.1, -0.05) is 0 Å². The van der Waals surface area contributed by atoms with Gasteiger partial charge in [-0.15, -0.1) is 0 Å². The second-order valence-electron chi connectivity index (χ2n) is 4.05. The summed E-state index contributed by atoms with van der Waals surface area (Å²) in [5.74, 6) is -0.782. The van der Waals surface area contributed by atoms with Crippen LogP contribution < -0.4 is 0 Å². The molecule has 15 heavy (non-hydrogen) atoms. The van der Waals surface area contributed by atoms with Gasteiger partial charge in [0.15, 0.2) is 6.73 Å². The fraction of sp³-hybridized carbons (Fsp3) is 0.600. The second-order valence-corrected chi connectivity index (χ2v) is 4.05. The molecule has 0 atom stereocenters. The van der Waals surface area contributed by atoms with Crippen molar-refractivity contribution in [1.82, 2.24) is 4.90 Å². The van der Waals surface area contributed by atoms with E-state index in [1.165, 1.54) is 18.7 Å². The molecule has 84 valence electrons. The number of carbonyl (C=O) groups is 2. The molecule has 1 rings (SSSR count). The van der Waals surface area contributed by atoms with Crippen LogP contribution >= 0.6 is 0 Å². The zero-order valence-corrected chi connectivity index (χ0v) is 9.33. The van der Waals surface area contributed by atoms with Gasteiger partial charge in [-0.05, 0) is 27.7 Å². The smallest absolute Gasteiger partial charge is 0.329 e. The minimum Gasteiger partial charge on any atom is -0.480 e. The molecule has 1 heterocycles. The maximum atomic E-state index is 11.8. The van der Waals surface area contributed by atoms with Crippen LogP contribution in [0.15, 0.2) is 11.3 Å². The van der Waals surface area contributed by atoms with Crippen LogP contribution in [-0.2, 0) is 14.3 Å². The van der Waals surface area contributed by atoms with Gasteiger partial charge in [-0.25, -0.2) is 4.79 Å². The van der Waals surface area contributed by atoms with Gasteiger partial charge in [0.05, 0.1) is 5.57 Å². The molecule has 0 fully saturated rings. The summed E-state index contributed by atoms with van der Waals surface area (Å²) in [6, 6.07) is 0. The van der Waals surface area contributed by atoms with Gasteiger partial charge in [0.25, 0.3) is 5.91 Å². The average Bonchev–Trinajstić information content (AvgIpc) is 2.13. The molecule has 0 spiro atoms. The molecule has 1 aliphatic rings. The lowest BCUT2D eigenvalue weighted by atomic mass is 10.0. The van der Waals surface area contributed by atoms with Crippen LogP contribution in [0.4, 0.5) is 0 Å². The molecule has 1 amide bonds. The van der Waals surface area contributed by atoms with Crippen molar-refractivity contribution in [3.05, 3.63) is 11.3 Å². The Morgan fingerprint density at radius 3 is 2.47 bits per heavy atom. The van der Waals surface area contributed by atoms with E-state index in [0.717, 1.165) is 0 Å². The summed E-state index contributed by atoms with van der Waals surface area (Å²) in [5.41, 5.74) is -0.797. The molecule has 0 unspecified atom stereocenters. The normalized spacial score (nSPS) is 17.9. The number of hydrogen-bond donors (Lipinski definition) is 1. The Morgan fingerprint density at radius 1 is 1.47 bits per heavy atom. The largest absolute Gasteiger partial charge is 0.480 e. The van der Waals surface area contributed by atoms with Crippen molar-refractivity contribution in [2.45, 2.75) is 33.2 Å². The molecule has 1 aliphatic heterocycles. The number of rotatable bonds is 2. The van der Waals surface area contributed by atoms with E-state index in [0.29, 0.717) is 11.3 Å². The third kappa shape index (κ3) is 1.82. The third-order valence-corrected chi connectivity index (χ3v) is 2.70. The minimum absolute atomic E-state index is 0.0126. The number of nitrogens with zero attached hydrogens (tertiary/aromatic N) is 1. The first-order valence-electron chi connectivity index (χ1n) is 4.64. The monoisotopic (exact) mass is 213 g/mol. The van der Waals surface area contributed by atoms with Gasteiger partial charge >= 0.3 is 5.97 Å². The quantitative estimate of drug-likeness (QED) is 0.741. The summed E-state index contributed by atoms with van der Waals surface area (Å²) in [5, 5.41) is 9.00. The van der Waals surface area contributed by atoms with E-state index in [2.05, 4.69) is 0 Å². The standard InChI is InChI=1S/C10H15NO4/c1-6-7(2)15-5-11(8(6)12)10(3,4)9(13)14/h5H2,1-4H3,(H,13,14).